The Morgan fingerprint density at radius 2 is 2.00 bits per heavy atom. The van der Waals surface area contributed by atoms with Gasteiger partial charge < -0.3 is 0 Å². The first-order valence-electron chi connectivity index (χ1n) is 3.52. The van der Waals surface area contributed by atoms with Crippen molar-refractivity contribution in [1.29, 1.82) is 0 Å². The molecule has 0 aliphatic heterocycles. The Kier molecular flexibility index (Phi) is 2.77. The number of rotatable bonds is 2. The first kappa shape index (κ1) is 10.9. The molecular weight excluding hydrogens is 230 g/mol. The topological polar surface area (TPSA) is 77.3 Å². The largest absolute Gasteiger partial charge is 0.269 e. The molecule has 0 aromatic heterocycles. The summed E-state index contributed by atoms with van der Waals surface area (Å²) >= 11 is 0. The predicted molar refractivity (Wildman–Crippen MR) is 50.9 cm³/mol. The molecule has 0 atom stereocenters. The van der Waals surface area contributed by atoms with Crippen LogP contribution in [0.4, 0.5) is 5.69 Å². The average Bonchev–Trinajstić information content (AvgIpc) is 2.01. The third-order valence-corrected chi connectivity index (χ3v) is 3.11. The third kappa shape index (κ3) is 2.21. The Hall–Kier alpha value is -1.14. The van der Waals surface area contributed by atoms with Crippen molar-refractivity contribution in [3.8, 4) is 0 Å². The fraction of sp³-hybridized carbons (Fsp3) is 0.143. The van der Waals surface area contributed by atoms with Gasteiger partial charge in [-0.3, -0.25) is 10.1 Å². The van der Waals surface area contributed by atoms with Crippen LogP contribution in [0.25, 0.3) is 0 Å². The Balaban J connectivity index is 3.35. The number of non-ortho nitro benzene ring substituents is 1. The van der Waals surface area contributed by atoms with Crippen molar-refractivity contribution in [2.75, 3.05) is 0 Å². The van der Waals surface area contributed by atoms with Crippen LogP contribution in [0.1, 0.15) is 5.56 Å². The molecule has 0 bridgehead atoms. The molecule has 0 aliphatic carbocycles. The van der Waals surface area contributed by atoms with Crippen molar-refractivity contribution < 1.29 is 13.3 Å². The van der Waals surface area contributed by atoms with Crippen LogP contribution < -0.4 is 0 Å². The molecule has 5 nitrogen and oxygen atoms in total. The molecule has 0 saturated heterocycles. The SMILES string of the molecule is Cc1cc([N+](=O)[O-])ccc1S(=O)(=O)Cl. The minimum Gasteiger partial charge on any atom is -0.258 e. The van der Waals surface area contributed by atoms with Gasteiger partial charge in [-0.2, -0.15) is 0 Å². The van der Waals surface area contributed by atoms with Gasteiger partial charge in [-0.15, -0.1) is 0 Å². The summed E-state index contributed by atoms with van der Waals surface area (Å²) in [6, 6.07) is 3.38. The Morgan fingerprint density at radius 3 is 2.36 bits per heavy atom. The monoisotopic (exact) mass is 235 g/mol. The summed E-state index contributed by atoms with van der Waals surface area (Å²) < 4.78 is 21.9. The number of hydrogen-bond donors (Lipinski definition) is 0. The van der Waals surface area contributed by atoms with Crippen LogP contribution in [0.2, 0.25) is 0 Å². The Morgan fingerprint density at radius 1 is 1.43 bits per heavy atom. The predicted octanol–water partition coefficient (Wildman–Crippen LogP) is 1.83. The summed E-state index contributed by atoms with van der Waals surface area (Å²) in [6.45, 7) is 1.45. The summed E-state index contributed by atoms with van der Waals surface area (Å²) in [4.78, 5) is 9.63. The molecule has 0 N–H and O–H groups in total. The van der Waals surface area contributed by atoms with E-state index in [4.69, 9.17) is 10.7 Å². The van der Waals surface area contributed by atoms with Crippen molar-refractivity contribution in [1.82, 2.24) is 0 Å². The number of aryl methyl sites for hydroxylation is 1. The second-order valence-electron chi connectivity index (χ2n) is 2.64. The van der Waals surface area contributed by atoms with Gasteiger partial charge in [0, 0.05) is 22.8 Å². The summed E-state index contributed by atoms with van der Waals surface area (Å²) in [5.41, 5.74) is 0.0979. The number of benzene rings is 1. The smallest absolute Gasteiger partial charge is 0.258 e. The van der Waals surface area contributed by atoms with Crippen molar-refractivity contribution in [2.45, 2.75) is 11.8 Å². The minimum absolute atomic E-state index is 0.107. The lowest BCUT2D eigenvalue weighted by Crippen LogP contribution is -1.96. The zero-order valence-electron chi connectivity index (χ0n) is 7.10. The van der Waals surface area contributed by atoms with E-state index in [0.29, 0.717) is 0 Å². The number of nitrogens with zero attached hydrogens (tertiary/aromatic N) is 1. The van der Waals surface area contributed by atoms with Gasteiger partial charge >= 0.3 is 0 Å². The first-order chi connectivity index (χ1) is 6.32. The van der Waals surface area contributed by atoms with E-state index in [9.17, 15) is 18.5 Å². The van der Waals surface area contributed by atoms with Gasteiger partial charge in [0.15, 0.2) is 0 Å². The molecular formula is C7H6ClNO4S. The van der Waals surface area contributed by atoms with Gasteiger partial charge in [-0.25, -0.2) is 8.42 Å². The molecule has 1 aromatic carbocycles. The van der Waals surface area contributed by atoms with E-state index in [1.165, 1.54) is 6.92 Å². The van der Waals surface area contributed by atoms with Crippen molar-refractivity contribution in [3.05, 3.63) is 33.9 Å². The summed E-state index contributed by atoms with van der Waals surface area (Å²) in [6.07, 6.45) is 0. The lowest BCUT2D eigenvalue weighted by Gasteiger charge is -2.00. The maximum absolute atomic E-state index is 10.9. The molecule has 14 heavy (non-hydrogen) atoms. The Labute approximate surface area is 84.9 Å². The molecule has 0 aliphatic rings. The van der Waals surface area contributed by atoms with Gasteiger partial charge in [0.1, 0.15) is 0 Å². The molecule has 1 aromatic rings. The molecule has 0 radical (unpaired) electrons. The highest BCUT2D eigenvalue weighted by Crippen LogP contribution is 2.23. The highest BCUT2D eigenvalue weighted by molar-refractivity contribution is 8.13. The van der Waals surface area contributed by atoms with Gasteiger partial charge in [0.2, 0.25) is 0 Å². The molecule has 0 spiro atoms. The fourth-order valence-corrected chi connectivity index (χ4v) is 2.21. The zero-order valence-corrected chi connectivity index (χ0v) is 8.67. The number of halogens is 1. The minimum atomic E-state index is -3.83. The molecule has 0 fully saturated rings. The van der Waals surface area contributed by atoms with Gasteiger partial charge in [-0.1, -0.05) is 0 Å². The average molecular weight is 236 g/mol. The highest BCUT2D eigenvalue weighted by Gasteiger charge is 2.16. The molecule has 0 heterocycles. The first-order valence-corrected chi connectivity index (χ1v) is 5.83. The molecule has 0 saturated carbocycles. The lowest BCUT2D eigenvalue weighted by molar-refractivity contribution is -0.385. The van der Waals surface area contributed by atoms with Crippen molar-refractivity contribution in [3.63, 3.8) is 0 Å². The number of nitro groups is 1. The number of nitro benzene ring substituents is 1. The maximum atomic E-state index is 10.9. The van der Waals surface area contributed by atoms with Crippen LogP contribution in [0, 0.1) is 17.0 Å². The highest BCUT2D eigenvalue weighted by atomic mass is 35.7. The molecule has 0 unspecified atom stereocenters. The van der Waals surface area contributed by atoms with Gasteiger partial charge in [0.25, 0.3) is 14.7 Å². The van der Waals surface area contributed by atoms with E-state index in [1.807, 2.05) is 0 Å². The third-order valence-electron chi connectivity index (χ3n) is 1.63. The van der Waals surface area contributed by atoms with E-state index in [1.54, 1.807) is 0 Å². The van der Waals surface area contributed by atoms with Crippen LogP contribution in [0.5, 0.6) is 0 Å². The zero-order chi connectivity index (χ0) is 10.9. The standard InChI is InChI=1S/C7H6ClNO4S/c1-5-4-6(9(10)11)2-3-7(5)14(8,12)13/h2-4H,1H3. The summed E-state index contributed by atoms with van der Waals surface area (Å²) in [5, 5.41) is 10.3. The normalized spacial score (nSPS) is 11.3. The van der Waals surface area contributed by atoms with Crippen LogP contribution in [-0.4, -0.2) is 13.3 Å². The summed E-state index contributed by atoms with van der Waals surface area (Å²) in [5.74, 6) is 0. The van der Waals surface area contributed by atoms with E-state index in [2.05, 4.69) is 0 Å². The van der Waals surface area contributed by atoms with E-state index in [0.717, 1.165) is 18.2 Å². The second kappa shape index (κ2) is 3.55. The van der Waals surface area contributed by atoms with Crippen LogP contribution >= 0.6 is 10.7 Å². The maximum Gasteiger partial charge on any atom is 0.269 e. The van der Waals surface area contributed by atoms with Crippen LogP contribution in [-0.2, 0) is 9.05 Å². The van der Waals surface area contributed by atoms with Crippen molar-refractivity contribution >= 4 is 25.4 Å². The molecule has 0 amide bonds. The lowest BCUT2D eigenvalue weighted by atomic mass is 10.2. The fourth-order valence-electron chi connectivity index (χ4n) is 1.02. The van der Waals surface area contributed by atoms with E-state index < -0.39 is 14.0 Å². The van der Waals surface area contributed by atoms with Crippen molar-refractivity contribution in [2.24, 2.45) is 0 Å². The van der Waals surface area contributed by atoms with Gasteiger partial charge in [0.05, 0.1) is 9.82 Å². The quantitative estimate of drug-likeness (QED) is 0.445. The van der Waals surface area contributed by atoms with E-state index >= 15 is 0 Å². The number of hydrogen-bond acceptors (Lipinski definition) is 4. The van der Waals surface area contributed by atoms with Gasteiger partial charge in [-0.05, 0) is 18.6 Å². The Bertz CT molecular complexity index is 482. The second-order valence-corrected chi connectivity index (χ2v) is 5.18. The van der Waals surface area contributed by atoms with Crippen LogP contribution in [0.3, 0.4) is 0 Å². The molecule has 7 heteroatoms. The van der Waals surface area contributed by atoms with E-state index in [-0.39, 0.29) is 16.1 Å². The molecule has 76 valence electrons. The molecule has 1 rings (SSSR count). The summed E-state index contributed by atoms with van der Waals surface area (Å²) in [7, 11) is 1.27. The van der Waals surface area contributed by atoms with Crippen LogP contribution in [0.15, 0.2) is 23.1 Å².